The molecule has 1 aromatic heterocycles. The molecule has 4 nitrogen and oxygen atoms in total. The topological polar surface area (TPSA) is 44.0 Å². The molecule has 0 radical (unpaired) electrons. The predicted octanol–water partition coefficient (Wildman–Crippen LogP) is 2.03. The Labute approximate surface area is 113 Å². The zero-order valence-electron chi connectivity index (χ0n) is 10.5. The molecule has 5 heteroatoms. The molecule has 1 atom stereocenters. The SMILES string of the molecule is CN(CC1CCNC1)c1nc2ccccc2[nH]1.Cl. The van der Waals surface area contributed by atoms with Gasteiger partial charge in [-0.2, -0.15) is 0 Å². The average molecular weight is 267 g/mol. The first-order valence-corrected chi connectivity index (χ1v) is 6.19. The third-order valence-electron chi connectivity index (χ3n) is 3.43. The highest BCUT2D eigenvalue weighted by Gasteiger charge is 2.17. The van der Waals surface area contributed by atoms with Crippen LogP contribution in [0.15, 0.2) is 24.3 Å². The number of H-pyrrole nitrogens is 1. The molecule has 0 spiro atoms. The molecule has 98 valence electrons. The maximum Gasteiger partial charge on any atom is 0.203 e. The molecule has 0 aliphatic carbocycles. The summed E-state index contributed by atoms with van der Waals surface area (Å²) in [7, 11) is 2.11. The monoisotopic (exact) mass is 266 g/mol. The second-order valence-electron chi connectivity index (χ2n) is 4.82. The van der Waals surface area contributed by atoms with Gasteiger partial charge in [0.15, 0.2) is 0 Å². The number of anilines is 1. The molecule has 1 fully saturated rings. The van der Waals surface area contributed by atoms with Crippen LogP contribution >= 0.6 is 12.4 Å². The number of rotatable bonds is 3. The Balaban J connectivity index is 0.00000120. The van der Waals surface area contributed by atoms with Gasteiger partial charge >= 0.3 is 0 Å². The molecule has 0 bridgehead atoms. The molecule has 18 heavy (non-hydrogen) atoms. The van der Waals surface area contributed by atoms with Gasteiger partial charge in [0, 0.05) is 13.6 Å². The van der Waals surface area contributed by atoms with Crippen LogP contribution in [0, 0.1) is 5.92 Å². The lowest BCUT2D eigenvalue weighted by atomic mass is 10.1. The van der Waals surface area contributed by atoms with Gasteiger partial charge in [0.05, 0.1) is 11.0 Å². The van der Waals surface area contributed by atoms with E-state index in [0.717, 1.165) is 42.5 Å². The quantitative estimate of drug-likeness (QED) is 0.894. The lowest BCUT2D eigenvalue weighted by Gasteiger charge is -2.19. The lowest BCUT2D eigenvalue weighted by molar-refractivity contribution is 0.574. The van der Waals surface area contributed by atoms with E-state index in [0.29, 0.717) is 0 Å². The lowest BCUT2D eigenvalue weighted by Crippen LogP contribution is -2.27. The van der Waals surface area contributed by atoms with Gasteiger partial charge in [-0.15, -0.1) is 12.4 Å². The van der Waals surface area contributed by atoms with E-state index in [-0.39, 0.29) is 12.4 Å². The Morgan fingerprint density at radius 2 is 2.22 bits per heavy atom. The van der Waals surface area contributed by atoms with Crippen LogP contribution in [0.25, 0.3) is 11.0 Å². The van der Waals surface area contributed by atoms with Crippen molar-refractivity contribution in [2.24, 2.45) is 5.92 Å². The van der Waals surface area contributed by atoms with Crippen LogP contribution in [0.1, 0.15) is 6.42 Å². The fourth-order valence-corrected chi connectivity index (χ4v) is 2.46. The summed E-state index contributed by atoms with van der Waals surface area (Å²) in [6, 6.07) is 8.16. The van der Waals surface area contributed by atoms with E-state index in [1.54, 1.807) is 0 Å². The zero-order chi connectivity index (χ0) is 11.7. The maximum absolute atomic E-state index is 4.60. The normalized spacial score (nSPS) is 18.8. The van der Waals surface area contributed by atoms with Crippen LogP contribution in [0.2, 0.25) is 0 Å². The molecular weight excluding hydrogens is 248 g/mol. The molecule has 3 rings (SSSR count). The van der Waals surface area contributed by atoms with Crippen molar-refractivity contribution in [2.45, 2.75) is 6.42 Å². The van der Waals surface area contributed by atoms with Crippen molar-refractivity contribution >= 4 is 29.4 Å². The first-order valence-electron chi connectivity index (χ1n) is 6.19. The average Bonchev–Trinajstić information content (AvgIpc) is 2.96. The van der Waals surface area contributed by atoms with E-state index < -0.39 is 0 Å². The molecule has 1 unspecified atom stereocenters. The number of para-hydroxylation sites is 2. The minimum Gasteiger partial charge on any atom is -0.345 e. The number of aromatic nitrogens is 2. The summed E-state index contributed by atoms with van der Waals surface area (Å²) in [5.41, 5.74) is 2.15. The Morgan fingerprint density at radius 3 is 2.94 bits per heavy atom. The van der Waals surface area contributed by atoms with Crippen LogP contribution in [-0.4, -0.2) is 36.6 Å². The molecule has 0 amide bonds. The standard InChI is InChI=1S/C13H18N4.ClH/c1-17(9-10-6-7-14-8-10)13-15-11-4-2-3-5-12(11)16-13;/h2-5,10,14H,6-9H2,1H3,(H,15,16);1H. The summed E-state index contributed by atoms with van der Waals surface area (Å²) in [5.74, 6) is 1.71. The fourth-order valence-electron chi connectivity index (χ4n) is 2.46. The van der Waals surface area contributed by atoms with Crippen molar-refractivity contribution in [2.75, 3.05) is 31.6 Å². The third-order valence-corrected chi connectivity index (χ3v) is 3.43. The van der Waals surface area contributed by atoms with Gasteiger partial charge in [0.2, 0.25) is 5.95 Å². The van der Waals surface area contributed by atoms with Crippen LogP contribution in [0.4, 0.5) is 5.95 Å². The Kier molecular flexibility index (Phi) is 4.09. The molecule has 1 aromatic carbocycles. The number of nitrogens with one attached hydrogen (secondary N) is 2. The number of hydrogen-bond donors (Lipinski definition) is 2. The van der Waals surface area contributed by atoms with Crippen molar-refractivity contribution in [1.29, 1.82) is 0 Å². The molecule has 2 N–H and O–H groups in total. The van der Waals surface area contributed by atoms with Gasteiger partial charge < -0.3 is 15.2 Å². The van der Waals surface area contributed by atoms with Gasteiger partial charge in [-0.1, -0.05) is 12.1 Å². The summed E-state index contributed by atoms with van der Waals surface area (Å²) in [4.78, 5) is 10.2. The van der Waals surface area contributed by atoms with Gasteiger partial charge in [-0.25, -0.2) is 4.98 Å². The zero-order valence-corrected chi connectivity index (χ0v) is 11.3. The number of aromatic amines is 1. The third kappa shape index (κ3) is 2.60. The van der Waals surface area contributed by atoms with Crippen LogP contribution in [0.3, 0.4) is 0 Å². The fraction of sp³-hybridized carbons (Fsp3) is 0.462. The second-order valence-corrected chi connectivity index (χ2v) is 4.82. The first kappa shape index (κ1) is 13.2. The van der Waals surface area contributed by atoms with Gasteiger partial charge in [0.1, 0.15) is 0 Å². The first-order chi connectivity index (χ1) is 8.33. The highest BCUT2D eigenvalue weighted by atomic mass is 35.5. The van der Waals surface area contributed by atoms with Crippen molar-refractivity contribution in [3.8, 4) is 0 Å². The minimum absolute atomic E-state index is 0. The minimum atomic E-state index is 0. The molecule has 0 saturated carbocycles. The molecule has 1 aliphatic heterocycles. The van der Waals surface area contributed by atoms with Crippen LogP contribution in [0.5, 0.6) is 0 Å². The largest absolute Gasteiger partial charge is 0.345 e. The number of benzene rings is 1. The summed E-state index contributed by atoms with van der Waals surface area (Å²) in [6.07, 6.45) is 1.27. The Morgan fingerprint density at radius 1 is 1.39 bits per heavy atom. The van der Waals surface area contributed by atoms with E-state index in [4.69, 9.17) is 0 Å². The number of fused-ring (bicyclic) bond motifs is 1. The number of halogens is 1. The molecule has 1 aliphatic rings. The van der Waals surface area contributed by atoms with E-state index >= 15 is 0 Å². The summed E-state index contributed by atoms with van der Waals surface area (Å²) < 4.78 is 0. The van der Waals surface area contributed by atoms with Crippen molar-refractivity contribution in [1.82, 2.24) is 15.3 Å². The van der Waals surface area contributed by atoms with Crippen LogP contribution in [-0.2, 0) is 0 Å². The van der Waals surface area contributed by atoms with Crippen molar-refractivity contribution in [3.05, 3.63) is 24.3 Å². The van der Waals surface area contributed by atoms with Gasteiger partial charge in [-0.05, 0) is 37.6 Å². The molecular formula is C13H19ClN4. The van der Waals surface area contributed by atoms with Crippen molar-refractivity contribution in [3.63, 3.8) is 0 Å². The van der Waals surface area contributed by atoms with E-state index in [1.807, 2.05) is 18.2 Å². The highest BCUT2D eigenvalue weighted by Crippen LogP contribution is 2.18. The maximum atomic E-state index is 4.60. The predicted molar refractivity (Wildman–Crippen MR) is 77.6 cm³/mol. The Hall–Kier alpha value is -1.26. The van der Waals surface area contributed by atoms with E-state index in [9.17, 15) is 0 Å². The smallest absolute Gasteiger partial charge is 0.203 e. The van der Waals surface area contributed by atoms with Crippen LogP contribution < -0.4 is 10.2 Å². The summed E-state index contributed by atoms with van der Waals surface area (Å²) in [6.45, 7) is 3.34. The van der Waals surface area contributed by atoms with Gasteiger partial charge in [0.25, 0.3) is 0 Å². The number of nitrogens with zero attached hydrogens (tertiary/aromatic N) is 2. The molecule has 2 aromatic rings. The van der Waals surface area contributed by atoms with Crippen molar-refractivity contribution < 1.29 is 0 Å². The van der Waals surface area contributed by atoms with E-state index in [2.05, 4.69) is 33.3 Å². The summed E-state index contributed by atoms with van der Waals surface area (Å²) in [5, 5.41) is 3.40. The number of hydrogen-bond acceptors (Lipinski definition) is 3. The summed E-state index contributed by atoms with van der Waals surface area (Å²) >= 11 is 0. The number of imidazole rings is 1. The Bertz CT molecular complexity index is 471. The van der Waals surface area contributed by atoms with E-state index in [1.165, 1.54) is 6.42 Å². The molecule has 2 heterocycles. The highest BCUT2D eigenvalue weighted by molar-refractivity contribution is 5.85. The molecule has 1 saturated heterocycles. The van der Waals surface area contributed by atoms with Gasteiger partial charge in [-0.3, -0.25) is 0 Å². The second kappa shape index (κ2) is 5.59.